The Hall–Kier alpha value is 0.180. The first kappa shape index (κ1) is 8.76. The minimum Gasteiger partial charge on any atom is -0.0350 e. The van der Waals surface area contributed by atoms with Crippen molar-refractivity contribution >= 4 is 21.8 Å². The van der Waals surface area contributed by atoms with Crippen LogP contribution in [0.2, 0.25) is 0 Å². The fourth-order valence-electron chi connectivity index (χ4n) is 1.52. The Morgan fingerprint density at radius 3 is 1.33 bits per heavy atom. The summed E-state index contributed by atoms with van der Waals surface area (Å²) in [6.07, 6.45) is 9.44. The summed E-state index contributed by atoms with van der Waals surface area (Å²) in [5, 5.41) is 0. The maximum atomic E-state index is 2.36. The Morgan fingerprint density at radius 2 is 1.00 bits per heavy atom. The number of rotatable bonds is 3. The van der Waals surface area contributed by atoms with Gasteiger partial charge in [0.2, 0.25) is 0 Å². The van der Waals surface area contributed by atoms with Crippen LogP contribution >= 0.6 is 0 Å². The first-order valence-corrected chi connectivity index (χ1v) is 8.00. The van der Waals surface area contributed by atoms with Gasteiger partial charge in [0.05, 0.1) is 0 Å². The maximum absolute atomic E-state index is 2.36. The zero-order valence-corrected chi connectivity index (χ0v) is 9.00. The van der Waals surface area contributed by atoms with Gasteiger partial charge in [-0.1, -0.05) is 0 Å². The molecule has 2 heteroatoms. The summed E-state index contributed by atoms with van der Waals surface area (Å²) in [4.78, 5) is 0. The molecule has 2 aliphatic rings. The van der Waals surface area contributed by atoms with Crippen molar-refractivity contribution in [1.82, 2.24) is 0 Å². The topological polar surface area (TPSA) is 0 Å². The number of hydrogen-bond acceptors (Lipinski definition) is 0. The van der Waals surface area contributed by atoms with Crippen molar-refractivity contribution in [3.05, 3.63) is 24.3 Å². The first-order chi connectivity index (χ1) is 5.95. The van der Waals surface area contributed by atoms with Crippen LogP contribution in [0.3, 0.4) is 0 Å². The molecule has 2 rings (SSSR count). The Balaban J connectivity index is 1.62. The largest absolute Gasteiger partial charge is 0.153 e. The van der Waals surface area contributed by atoms with E-state index in [1.165, 1.54) is 34.5 Å². The minimum absolute atomic E-state index is 0.745. The highest BCUT2D eigenvalue weighted by Gasteiger charge is 2.26. The lowest BCUT2D eigenvalue weighted by atomic mass is 10.6. The Kier molecular flexibility index (Phi) is 3.23. The van der Waals surface area contributed by atoms with E-state index in [-0.39, 0.29) is 0 Å². The summed E-state index contributed by atoms with van der Waals surface area (Å²) in [5.41, 5.74) is 0. The van der Waals surface area contributed by atoms with E-state index in [4.69, 9.17) is 0 Å². The highest BCUT2D eigenvalue weighted by molar-refractivity contribution is 8.00. The van der Waals surface area contributed by atoms with Crippen LogP contribution in [0.5, 0.6) is 0 Å². The smallest absolute Gasteiger partial charge is 0.0350 e. The molecule has 0 radical (unpaired) electrons. The van der Waals surface area contributed by atoms with Crippen molar-refractivity contribution in [2.45, 2.75) is 0 Å². The zero-order chi connectivity index (χ0) is 8.23. The molecule has 0 bridgehead atoms. The van der Waals surface area contributed by atoms with E-state index in [9.17, 15) is 0 Å². The second kappa shape index (κ2) is 4.43. The van der Waals surface area contributed by atoms with Crippen molar-refractivity contribution in [3.63, 3.8) is 0 Å². The third-order valence-electron chi connectivity index (χ3n) is 2.32. The summed E-state index contributed by atoms with van der Waals surface area (Å²) < 4.78 is 0. The van der Waals surface area contributed by atoms with E-state index in [2.05, 4.69) is 24.3 Å². The third-order valence-corrected chi connectivity index (χ3v) is 6.80. The summed E-state index contributed by atoms with van der Waals surface area (Å²) in [6.45, 7) is 0. The Morgan fingerprint density at radius 1 is 0.667 bits per heavy atom. The fourth-order valence-corrected chi connectivity index (χ4v) is 5.98. The van der Waals surface area contributed by atoms with Crippen LogP contribution in [0.25, 0.3) is 0 Å². The quantitative estimate of drug-likeness (QED) is 0.477. The van der Waals surface area contributed by atoms with Crippen LogP contribution in [-0.4, -0.2) is 34.5 Å². The van der Waals surface area contributed by atoms with Gasteiger partial charge in [0.25, 0.3) is 0 Å². The lowest BCUT2D eigenvalue weighted by Crippen LogP contribution is -2.20. The van der Waals surface area contributed by atoms with Gasteiger partial charge in [-0.15, -0.1) is 0 Å². The van der Waals surface area contributed by atoms with Crippen LogP contribution in [0.15, 0.2) is 24.3 Å². The standard InChI is InChI=1S/C10H16S2/c1-2-6-11(5-1)9-10-12-7-3-4-8-12/h1-4H,5-10H2/q+2. The monoisotopic (exact) mass is 200 g/mol. The van der Waals surface area contributed by atoms with Gasteiger partial charge in [0.1, 0.15) is 23.0 Å². The molecular formula is C10H16S2+2. The summed E-state index contributed by atoms with van der Waals surface area (Å²) >= 11 is 0. The summed E-state index contributed by atoms with van der Waals surface area (Å²) in [6, 6.07) is 0. The maximum Gasteiger partial charge on any atom is 0.153 e. The summed E-state index contributed by atoms with van der Waals surface area (Å²) in [5.74, 6) is 8.51. The van der Waals surface area contributed by atoms with E-state index in [0.29, 0.717) is 0 Å². The SMILES string of the molecule is C1=CC[S+](CC[S+]2CC=CC2)C1. The van der Waals surface area contributed by atoms with Gasteiger partial charge in [0, 0.05) is 21.8 Å². The van der Waals surface area contributed by atoms with Crippen LogP contribution in [0, 0.1) is 0 Å². The van der Waals surface area contributed by atoms with Gasteiger partial charge < -0.3 is 0 Å². The van der Waals surface area contributed by atoms with Gasteiger partial charge in [-0.25, -0.2) is 0 Å². The average molecular weight is 200 g/mol. The number of hydrogen-bond donors (Lipinski definition) is 0. The van der Waals surface area contributed by atoms with Crippen molar-refractivity contribution in [3.8, 4) is 0 Å². The molecule has 0 aromatic rings. The van der Waals surface area contributed by atoms with E-state index >= 15 is 0 Å². The Labute approximate surface area is 80.8 Å². The summed E-state index contributed by atoms with van der Waals surface area (Å²) in [7, 11) is 1.49. The predicted octanol–water partition coefficient (Wildman–Crippen LogP) is 1.36. The normalized spacial score (nSPS) is 24.3. The molecule has 0 aromatic carbocycles. The molecule has 0 atom stereocenters. The zero-order valence-electron chi connectivity index (χ0n) is 7.37. The van der Waals surface area contributed by atoms with Gasteiger partial charge >= 0.3 is 0 Å². The van der Waals surface area contributed by atoms with E-state index in [1.807, 2.05) is 0 Å². The Bertz CT molecular complexity index is 158. The van der Waals surface area contributed by atoms with E-state index in [1.54, 1.807) is 0 Å². The van der Waals surface area contributed by atoms with Gasteiger partial charge in [-0.2, -0.15) is 0 Å². The molecule has 0 saturated heterocycles. The van der Waals surface area contributed by atoms with Crippen LogP contribution < -0.4 is 0 Å². The van der Waals surface area contributed by atoms with Gasteiger partial charge in [0.15, 0.2) is 11.5 Å². The van der Waals surface area contributed by atoms with Crippen molar-refractivity contribution < 1.29 is 0 Å². The van der Waals surface area contributed by atoms with Crippen LogP contribution in [0.4, 0.5) is 0 Å². The molecule has 2 heterocycles. The van der Waals surface area contributed by atoms with E-state index < -0.39 is 0 Å². The van der Waals surface area contributed by atoms with Gasteiger partial charge in [-0.3, -0.25) is 0 Å². The van der Waals surface area contributed by atoms with Crippen molar-refractivity contribution in [2.24, 2.45) is 0 Å². The molecule has 0 fully saturated rings. The molecule has 66 valence electrons. The molecule has 0 aliphatic carbocycles. The lowest BCUT2D eigenvalue weighted by Gasteiger charge is -2.00. The molecule has 0 aromatic heterocycles. The molecule has 0 spiro atoms. The first-order valence-electron chi connectivity index (χ1n) is 4.53. The molecule has 0 unspecified atom stereocenters. The lowest BCUT2D eigenvalue weighted by molar-refractivity contribution is 1.48. The molecule has 12 heavy (non-hydrogen) atoms. The average Bonchev–Trinajstić information content (AvgIpc) is 2.74. The highest BCUT2D eigenvalue weighted by atomic mass is 32.2. The molecule has 0 amide bonds. The third kappa shape index (κ3) is 2.33. The second-order valence-corrected chi connectivity index (χ2v) is 7.84. The van der Waals surface area contributed by atoms with Crippen molar-refractivity contribution in [1.29, 1.82) is 0 Å². The van der Waals surface area contributed by atoms with Crippen molar-refractivity contribution in [2.75, 3.05) is 34.5 Å². The molecular weight excluding hydrogens is 184 g/mol. The van der Waals surface area contributed by atoms with Gasteiger partial charge in [-0.05, 0) is 24.3 Å². The van der Waals surface area contributed by atoms with Crippen LogP contribution in [0.1, 0.15) is 0 Å². The van der Waals surface area contributed by atoms with E-state index in [0.717, 1.165) is 21.8 Å². The minimum atomic E-state index is 0.745. The van der Waals surface area contributed by atoms with Crippen LogP contribution in [-0.2, 0) is 21.8 Å². The molecule has 0 N–H and O–H groups in total. The predicted molar refractivity (Wildman–Crippen MR) is 62.2 cm³/mol. The second-order valence-electron chi connectivity index (χ2n) is 3.24. The molecule has 2 aliphatic heterocycles. The fraction of sp³-hybridized carbons (Fsp3) is 0.600. The molecule has 0 nitrogen and oxygen atoms in total. The molecule has 0 saturated carbocycles. The highest BCUT2D eigenvalue weighted by Crippen LogP contribution is 2.11.